The zero-order chi connectivity index (χ0) is 11.5. The van der Waals surface area contributed by atoms with Crippen molar-refractivity contribution < 1.29 is 4.74 Å². The van der Waals surface area contributed by atoms with Crippen molar-refractivity contribution in [3.8, 4) is 0 Å². The van der Waals surface area contributed by atoms with Crippen LogP contribution in [-0.2, 0) is 4.74 Å². The highest BCUT2D eigenvalue weighted by molar-refractivity contribution is 9.10. The minimum absolute atomic E-state index is 0.420. The lowest BCUT2D eigenvalue weighted by atomic mass is 10.1. The third kappa shape index (κ3) is 2.55. The number of anilines is 1. The summed E-state index contributed by atoms with van der Waals surface area (Å²) in [6.07, 6.45) is 2.59. The molecule has 0 unspecified atom stereocenters. The predicted molar refractivity (Wildman–Crippen MR) is 68.9 cm³/mol. The normalized spacial score (nSPS) is 17.8. The number of hydrogen-bond donors (Lipinski definition) is 0. The van der Waals surface area contributed by atoms with Crippen LogP contribution in [-0.4, -0.2) is 31.3 Å². The summed E-state index contributed by atoms with van der Waals surface area (Å²) in [7, 11) is 1.79. The first kappa shape index (κ1) is 11.9. The van der Waals surface area contributed by atoms with Crippen molar-refractivity contribution in [3.05, 3.63) is 22.3 Å². The van der Waals surface area contributed by atoms with Crippen molar-refractivity contribution in [2.45, 2.75) is 25.9 Å². The number of pyridine rings is 1. The zero-order valence-corrected chi connectivity index (χ0v) is 11.3. The molecule has 2 heterocycles. The molecule has 1 fully saturated rings. The standard InChI is InChI=1S/C12H17BrN2O/c1-9-3-4-11(13)14-12(9)15-7-5-10(16-2)6-8-15/h3-4,10H,5-8H2,1-2H3. The first-order valence-electron chi connectivity index (χ1n) is 5.61. The van der Waals surface area contributed by atoms with E-state index in [9.17, 15) is 0 Å². The topological polar surface area (TPSA) is 25.4 Å². The second kappa shape index (κ2) is 5.15. The van der Waals surface area contributed by atoms with Crippen molar-refractivity contribution in [1.29, 1.82) is 0 Å². The molecule has 0 amide bonds. The molecule has 2 rings (SSSR count). The Kier molecular flexibility index (Phi) is 3.82. The molecule has 16 heavy (non-hydrogen) atoms. The second-order valence-electron chi connectivity index (χ2n) is 4.20. The van der Waals surface area contributed by atoms with E-state index >= 15 is 0 Å². The van der Waals surface area contributed by atoms with E-state index in [1.807, 2.05) is 6.07 Å². The molecule has 4 heteroatoms. The van der Waals surface area contributed by atoms with Gasteiger partial charge in [0.15, 0.2) is 0 Å². The van der Waals surface area contributed by atoms with Crippen LogP contribution >= 0.6 is 15.9 Å². The quantitative estimate of drug-likeness (QED) is 0.781. The molecule has 0 saturated carbocycles. The summed E-state index contributed by atoms with van der Waals surface area (Å²) in [6, 6.07) is 4.09. The number of piperidine rings is 1. The van der Waals surface area contributed by atoms with Gasteiger partial charge in [0, 0.05) is 20.2 Å². The Morgan fingerprint density at radius 1 is 1.38 bits per heavy atom. The van der Waals surface area contributed by atoms with Crippen molar-refractivity contribution in [3.63, 3.8) is 0 Å². The van der Waals surface area contributed by atoms with Crippen LogP contribution in [0, 0.1) is 6.92 Å². The third-order valence-corrected chi connectivity index (χ3v) is 3.55. The Balaban J connectivity index is 2.10. The molecule has 0 bridgehead atoms. The molecule has 1 aliphatic heterocycles. The lowest BCUT2D eigenvalue weighted by Crippen LogP contribution is -2.37. The Morgan fingerprint density at radius 3 is 2.69 bits per heavy atom. The van der Waals surface area contributed by atoms with Crippen molar-refractivity contribution in [2.75, 3.05) is 25.1 Å². The van der Waals surface area contributed by atoms with E-state index in [0.29, 0.717) is 6.10 Å². The van der Waals surface area contributed by atoms with Gasteiger partial charge in [-0.1, -0.05) is 6.07 Å². The van der Waals surface area contributed by atoms with Gasteiger partial charge in [0.05, 0.1) is 6.10 Å². The number of nitrogens with zero attached hydrogens (tertiary/aromatic N) is 2. The zero-order valence-electron chi connectivity index (χ0n) is 9.74. The summed E-state index contributed by atoms with van der Waals surface area (Å²) in [4.78, 5) is 6.89. The van der Waals surface area contributed by atoms with E-state index in [1.165, 1.54) is 5.56 Å². The fraction of sp³-hybridized carbons (Fsp3) is 0.583. The number of rotatable bonds is 2. The van der Waals surface area contributed by atoms with Gasteiger partial charge in [-0.3, -0.25) is 0 Å². The van der Waals surface area contributed by atoms with Crippen molar-refractivity contribution >= 4 is 21.7 Å². The molecule has 0 atom stereocenters. The molecule has 1 saturated heterocycles. The van der Waals surface area contributed by atoms with Gasteiger partial charge in [0.25, 0.3) is 0 Å². The van der Waals surface area contributed by atoms with Crippen LogP contribution in [0.15, 0.2) is 16.7 Å². The maximum absolute atomic E-state index is 5.37. The Bertz CT molecular complexity index is 362. The minimum atomic E-state index is 0.420. The SMILES string of the molecule is COC1CCN(c2nc(Br)ccc2C)CC1. The minimum Gasteiger partial charge on any atom is -0.381 e. The highest BCUT2D eigenvalue weighted by Crippen LogP contribution is 2.24. The molecule has 3 nitrogen and oxygen atoms in total. The second-order valence-corrected chi connectivity index (χ2v) is 5.01. The smallest absolute Gasteiger partial charge is 0.132 e. The van der Waals surface area contributed by atoms with Crippen molar-refractivity contribution in [1.82, 2.24) is 4.98 Å². The molecule has 0 aliphatic carbocycles. The molecule has 0 N–H and O–H groups in total. The van der Waals surface area contributed by atoms with Gasteiger partial charge >= 0.3 is 0 Å². The van der Waals surface area contributed by atoms with E-state index in [-0.39, 0.29) is 0 Å². The van der Waals surface area contributed by atoms with Crippen molar-refractivity contribution in [2.24, 2.45) is 0 Å². The van der Waals surface area contributed by atoms with E-state index in [2.05, 4.69) is 38.8 Å². The fourth-order valence-electron chi connectivity index (χ4n) is 2.12. The van der Waals surface area contributed by atoms with Crippen LogP contribution in [0.5, 0.6) is 0 Å². The monoisotopic (exact) mass is 284 g/mol. The van der Waals surface area contributed by atoms with Gasteiger partial charge in [-0.2, -0.15) is 0 Å². The predicted octanol–water partition coefficient (Wildman–Crippen LogP) is 2.77. The molecule has 0 radical (unpaired) electrons. The summed E-state index contributed by atoms with van der Waals surface area (Å²) < 4.78 is 6.28. The van der Waals surface area contributed by atoms with E-state index in [4.69, 9.17) is 4.74 Å². The summed E-state index contributed by atoms with van der Waals surface area (Å²) in [5, 5.41) is 0. The highest BCUT2D eigenvalue weighted by atomic mass is 79.9. The molecule has 0 spiro atoms. The average Bonchev–Trinajstić information content (AvgIpc) is 2.32. The van der Waals surface area contributed by atoms with Gasteiger partial charge < -0.3 is 9.64 Å². The van der Waals surface area contributed by atoms with E-state index in [1.54, 1.807) is 7.11 Å². The third-order valence-electron chi connectivity index (χ3n) is 3.11. The Labute approximate surface area is 105 Å². The molecule has 1 aromatic heterocycles. The number of aryl methyl sites for hydroxylation is 1. The maximum atomic E-state index is 5.37. The first-order chi connectivity index (χ1) is 7.70. The summed E-state index contributed by atoms with van der Waals surface area (Å²) in [6.45, 7) is 4.17. The van der Waals surface area contributed by atoms with E-state index < -0.39 is 0 Å². The van der Waals surface area contributed by atoms with Gasteiger partial charge in [0.1, 0.15) is 10.4 Å². The van der Waals surface area contributed by atoms with Crippen LogP contribution in [0.3, 0.4) is 0 Å². The highest BCUT2D eigenvalue weighted by Gasteiger charge is 2.20. The molecule has 1 aliphatic rings. The molecule has 1 aromatic rings. The lowest BCUT2D eigenvalue weighted by Gasteiger charge is -2.32. The summed E-state index contributed by atoms with van der Waals surface area (Å²) in [5.74, 6) is 1.10. The summed E-state index contributed by atoms with van der Waals surface area (Å²) in [5.41, 5.74) is 1.24. The van der Waals surface area contributed by atoms with Gasteiger partial charge in [0.2, 0.25) is 0 Å². The number of hydrogen-bond acceptors (Lipinski definition) is 3. The van der Waals surface area contributed by atoms with Crippen LogP contribution in [0.25, 0.3) is 0 Å². The number of aromatic nitrogens is 1. The largest absolute Gasteiger partial charge is 0.381 e. The lowest BCUT2D eigenvalue weighted by molar-refractivity contribution is 0.0818. The molecular weight excluding hydrogens is 268 g/mol. The van der Waals surface area contributed by atoms with Crippen LogP contribution in [0.4, 0.5) is 5.82 Å². The van der Waals surface area contributed by atoms with Crippen LogP contribution in [0.2, 0.25) is 0 Å². The van der Waals surface area contributed by atoms with Gasteiger partial charge in [-0.15, -0.1) is 0 Å². The maximum Gasteiger partial charge on any atom is 0.132 e. The van der Waals surface area contributed by atoms with Gasteiger partial charge in [-0.05, 0) is 47.3 Å². The Hall–Kier alpha value is -0.610. The molecule has 88 valence electrons. The Morgan fingerprint density at radius 2 is 2.06 bits per heavy atom. The van der Waals surface area contributed by atoms with Crippen LogP contribution < -0.4 is 4.90 Å². The number of halogens is 1. The molecular formula is C12H17BrN2O. The van der Waals surface area contributed by atoms with Crippen LogP contribution in [0.1, 0.15) is 18.4 Å². The fourth-order valence-corrected chi connectivity index (χ4v) is 2.42. The first-order valence-corrected chi connectivity index (χ1v) is 6.41. The molecule has 0 aromatic carbocycles. The average molecular weight is 285 g/mol. The van der Waals surface area contributed by atoms with E-state index in [0.717, 1.165) is 36.4 Å². The number of ether oxygens (including phenoxy) is 1. The van der Waals surface area contributed by atoms with Gasteiger partial charge in [-0.25, -0.2) is 4.98 Å². The number of methoxy groups -OCH3 is 1. The summed E-state index contributed by atoms with van der Waals surface area (Å²) >= 11 is 3.43.